The summed E-state index contributed by atoms with van der Waals surface area (Å²) < 4.78 is 6.09. The van der Waals surface area contributed by atoms with Crippen molar-refractivity contribution in [3.8, 4) is 17.5 Å². The molecule has 5 rings (SSSR count). The lowest BCUT2D eigenvalue weighted by molar-refractivity contribution is 0.0947. The summed E-state index contributed by atoms with van der Waals surface area (Å²) in [5.41, 5.74) is 6.32. The fourth-order valence-electron chi connectivity index (χ4n) is 4.88. The van der Waals surface area contributed by atoms with Crippen molar-refractivity contribution >= 4 is 30.3 Å². The number of nitriles is 1. The molecule has 0 spiro atoms. The first kappa shape index (κ1) is 24.8. The van der Waals surface area contributed by atoms with Crippen LogP contribution in [0, 0.1) is 17.2 Å². The van der Waals surface area contributed by atoms with Crippen LogP contribution < -0.4 is 10.8 Å². The van der Waals surface area contributed by atoms with Gasteiger partial charge in [0.25, 0.3) is 5.91 Å². The Bertz CT molecular complexity index is 1450. The molecule has 184 valence electrons. The van der Waals surface area contributed by atoms with Crippen molar-refractivity contribution in [2.75, 3.05) is 19.6 Å². The van der Waals surface area contributed by atoms with E-state index in [2.05, 4.69) is 47.3 Å². The molecule has 1 fully saturated rings. The molecule has 1 aliphatic heterocycles. The second kappa shape index (κ2) is 10.6. The molecular formula is C30H29BN4O2. The first-order valence-corrected chi connectivity index (χ1v) is 12.7. The third-order valence-electron chi connectivity index (χ3n) is 6.97. The molecule has 1 aliphatic rings. The van der Waals surface area contributed by atoms with Crippen molar-refractivity contribution in [1.29, 1.82) is 5.26 Å². The minimum Gasteiger partial charge on any atom is -0.436 e. The van der Waals surface area contributed by atoms with Crippen LogP contribution in [-0.4, -0.2) is 43.3 Å². The number of carbonyl (C=O) groups excluding carboxylic acids is 1. The number of benzene rings is 3. The van der Waals surface area contributed by atoms with Gasteiger partial charge in [0, 0.05) is 36.3 Å². The van der Waals surface area contributed by atoms with Gasteiger partial charge >= 0.3 is 0 Å². The summed E-state index contributed by atoms with van der Waals surface area (Å²) in [6, 6.07) is 21.1. The lowest BCUT2D eigenvalue weighted by atomic mass is 9.95. The van der Waals surface area contributed by atoms with E-state index < -0.39 is 0 Å². The molecule has 1 aromatic heterocycles. The van der Waals surface area contributed by atoms with Crippen LogP contribution >= 0.6 is 0 Å². The number of oxazole rings is 1. The summed E-state index contributed by atoms with van der Waals surface area (Å²) in [6.07, 6.45) is 1.07. The van der Waals surface area contributed by atoms with Gasteiger partial charge in [-0.3, -0.25) is 9.69 Å². The first-order valence-electron chi connectivity index (χ1n) is 12.7. The van der Waals surface area contributed by atoms with Crippen molar-refractivity contribution in [3.05, 3.63) is 82.9 Å². The van der Waals surface area contributed by atoms with Crippen molar-refractivity contribution in [1.82, 2.24) is 15.2 Å². The minimum atomic E-state index is -0.0816. The van der Waals surface area contributed by atoms with Crippen LogP contribution in [0.5, 0.6) is 0 Å². The summed E-state index contributed by atoms with van der Waals surface area (Å²) in [4.78, 5) is 19.8. The van der Waals surface area contributed by atoms with Gasteiger partial charge in [-0.25, -0.2) is 4.98 Å². The smallest absolute Gasteiger partial charge is 0.251 e. The third-order valence-corrected chi connectivity index (χ3v) is 6.97. The molecule has 37 heavy (non-hydrogen) atoms. The molecule has 0 bridgehead atoms. The number of fused-ring (bicyclic) bond motifs is 1. The van der Waals surface area contributed by atoms with Gasteiger partial charge in [0.2, 0.25) is 5.89 Å². The molecule has 1 atom stereocenters. The zero-order valence-electron chi connectivity index (χ0n) is 21.2. The van der Waals surface area contributed by atoms with Crippen LogP contribution in [0.15, 0.2) is 65.1 Å². The molecular weight excluding hydrogens is 459 g/mol. The predicted octanol–water partition coefficient (Wildman–Crippen LogP) is 4.54. The van der Waals surface area contributed by atoms with Gasteiger partial charge in [-0.15, -0.1) is 0 Å². The maximum Gasteiger partial charge on any atom is 0.251 e. The number of hydrogen-bond acceptors (Lipinski definition) is 5. The van der Waals surface area contributed by atoms with Gasteiger partial charge in [0.1, 0.15) is 13.4 Å². The van der Waals surface area contributed by atoms with Gasteiger partial charge in [0.15, 0.2) is 5.58 Å². The highest BCUT2D eigenvalue weighted by Gasteiger charge is 2.23. The lowest BCUT2D eigenvalue weighted by Gasteiger charge is -2.16. The van der Waals surface area contributed by atoms with Crippen molar-refractivity contribution in [2.24, 2.45) is 5.92 Å². The quantitative estimate of drug-likeness (QED) is 0.387. The number of amides is 1. The average Bonchev–Trinajstić information content (AvgIpc) is 3.54. The summed E-state index contributed by atoms with van der Waals surface area (Å²) >= 11 is 0. The monoisotopic (exact) mass is 488 g/mol. The fourth-order valence-corrected chi connectivity index (χ4v) is 4.88. The average molecular weight is 488 g/mol. The van der Waals surface area contributed by atoms with E-state index in [0.717, 1.165) is 42.6 Å². The van der Waals surface area contributed by atoms with E-state index in [-0.39, 0.29) is 11.8 Å². The number of hydrogen-bond donors (Lipinski definition) is 1. The molecule has 6 nitrogen and oxygen atoms in total. The molecule has 2 heterocycles. The molecule has 1 N–H and O–H groups in total. The zero-order valence-corrected chi connectivity index (χ0v) is 21.2. The van der Waals surface area contributed by atoms with E-state index in [1.165, 1.54) is 5.56 Å². The van der Waals surface area contributed by atoms with Crippen LogP contribution in [0.2, 0.25) is 0 Å². The second-order valence-corrected chi connectivity index (χ2v) is 10.1. The Morgan fingerprint density at radius 3 is 2.65 bits per heavy atom. The number of aromatic nitrogens is 1. The lowest BCUT2D eigenvalue weighted by Crippen LogP contribution is -2.31. The van der Waals surface area contributed by atoms with Gasteiger partial charge < -0.3 is 9.73 Å². The Balaban J connectivity index is 1.19. The molecule has 1 amide bonds. The summed E-state index contributed by atoms with van der Waals surface area (Å²) in [6.45, 7) is 7.68. The second-order valence-electron chi connectivity index (χ2n) is 10.1. The molecule has 0 aliphatic carbocycles. The highest BCUT2D eigenvalue weighted by molar-refractivity contribution is 6.32. The predicted molar refractivity (Wildman–Crippen MR) is 146 cm³/mol. The standard InChI is InChI=1S/C30H29BN4O2/c1-19(2)26-13-22(15-32)14-27-28(26)37-30(34-27)24-7-5-23(6-8-24)29(36)33-16-21-11-12-35(18-21)17-20-3-9-25(31)10-4-20/h3-10,13-14,19,21H,11-12,16-18H2,1-2H3,(H,33,36). The maximum atomic E-state index is 12.8. The van der Waals surface area contributed by atoms with Crippen LogP contribution in [0.4, 0.5) is 0 Å². The van der Waals surface area contributed by atoms with Gasteiger partial charge in [-0.1, -0.05) is 43.6 Å². The summed E-state index contributed by atoms with van der Waals surface area (Å²) in [7, 11) is 5.78. The van der Waals surface area contributed by atoms with Crippen molar-refractivity contribution in [3.63, 3.8) is 0 Å². The van der Waals surface area contributed by atoms with Crippen LogP contribution in [0.1, 0.15) is 53.2 Å². The topological polar surface area (TPSA) is 82.2 Å². The molecule has 0 saturated carbocycles. The van der Waals surface area contributed by atoms with Crippen LogP contribution in [-0.2, 0) is 6.54 Å². The normalized spacial score (nSPS) is 15.8. The van der Waals surface area contributed by atoms with E-state index in [1.807, 2.05) is 30.3 Å². The van der Waals surface area contributed by atoms with Gasteiger partial charge in [-0.05, 0) is 66.8 Å². The van der Waals surface area contributed by atoms with Crippen molar-refractivity contribution < 1.29 is 9.21 Å². The Hall–Kier alpha value is -3.89. The number of nitrogens with zero attached hydrogens (tertiary/aromatic N) is 3. The number of carbonyl (C=O) groups is 1. The minimum absolute atomic E-state index is 0.0816. The van der Waals surface area contributed by atoms with E-state index in [9.17, 15) is 10.1 Å². The number of nitrogens with one attached hydrogen (secondary N) is 1. The highest BCUT2D eigenvalue weighted by Crippen LogP contribution is 2.31. The molecule has 1 unspecified atom stereocenters. The van der Waals surface area contributed by atoms with E-state index >= 15 is 0 Å². The molecule has 3 aromatic carbocycles. The van der Waals surface area contributed by atoms with E-state index in [1.54, 1.807) is 18.2 Å². The zero-order chi connectivity index (χ0) is 25.9. The fraction of sp³-hybridized carbons (Fsp3) is 0.300. The largest absolute Gasteiger partial charge is 0.436 e. The SMILES string of the molecule is [B]c1ccc(CN2CCC(CNC(=O)c3ccc(-c4nc5cc(C#N)cc(C(C)C)c5o4)cc3)C2)cc1. The number of likely N-dealkylation sites (tertiary alicyclic amines) is 1. The van der Waals surface area contributed by atoms with E-state index in [4.69, 9.17) is 12.3 Å². The molecule has 7 heteroatoms. The number of rotatable bonds is 7. The molecule has 1 saturated heterocycles. The van der Waals surface area contributed by atoms with Crippen molar-refractivity contribution in [2.45, 2.75) is 32.7 Å². The maximum absolute atomic E-state index is 12.8. The first-order chi connectivity index (χ1) is 17.9. The van der Waals surface area contributed by atoms with Gasteiger partial charge in [0.05, 0.1) is 11.6 Å². The summed E-state index contributed by atoms with van der Waals surface area (Å²) in [5, 5.41) is 12.4. The Kier molecular flexibility index (Phi) is 7.11. The summed E-state index contributed by atoms with van der Waals surface area (Å²) in [5.74, 6) is 1.03. The van der Waals surface area contributed by atoms with Gasteiger partial charge in [-0.2, -0.15) is 5.26 Å². The third kappa shape index (κ3) is 5.60. The van der Waals surface area contributed by atoms with Crippen LogP contribution in [0.3, 0.4) is 0 Å². The highest BCUT2D eigenvalue weighted by atomic mass is 16.3. The Morgan fingerprint density at radius 2 is 1.95 bits per heavy atom. The molecule has 2 radical (unpaired) electrons. The van der Waals surface area contributed by atoms with E-state index in [0.29, 0.717) is 40.6 Å². The van der Waals surface area contributed by atoms with Crippen LogP contribution in [0.25, 0.3) is 22.6 Å². The molecule has 4 aromatic rings. The Labute approximate surface area is 218 Å². The Morgan fingerprint density at radius 1 is 1.19 bits per heavy atom.